The summed E-state index contributed by atoms with van der Waals surface area (Å²) in [4.78, 5) is 0. The van der Waals surface area contributed by atoms with Crippen LogP contribution in [0.5, 0.6) is 0 Å². The van der Waals surface area contributed by atoms with Crippen LogP contribution in [0.2, 0.25) is 0 Å². The summed E-state index contributed by atoms with van der Waals surface area (Å²) in [6.07, 6.45) is 1.65. The Morgan fingerprint density at radius 3 is 3.00 bits per heavy atom. The molecule has 4 heteroatoms. The molecule has 2 unspecified atom stereocenters. The van der Waals surface area contributed by atoms with Gasteiger partial charge in [-0.1, -0.05) is 0 Å². The van der Waals surface area contributed by atoms with Crippen molar-refractivity contribution in [3.8, 4) is 0 Å². The third-order valence-corrected chi connectivity index (χ3v) is 1.99. The zero-order valence-electron chi connectivity index (χ0n) is 7.20. The first kappa shape index (κ1) is 9.92. The van der Waals surface area contributed by atoms with E-state index in [1.165, 1.54) is 0 Å². The molecule has 0 aromatic rings. The highest BCUT2D eigenvalue weighted by atomic mass is 16.5. The Morgan fingerprint density at radius 2 is 2.42 bits per heavy atom. The predicted octanol–water partition coefficient (Wildman–Crippen LogP) is -0.892. The van der Waals surface area contributed by atoms with E-state index in [-0.39, 0.29) is 19.3 Å². The summed E-state index contributed by atoms with van der Waals surface area (Å²) < 4.78 is 5.36. The molecule has 1 fully saturated rings. The van der Waals surface area contributed by atoms with Gasteiger partial charge in [0.05, 0.1) is 19.3 Å². The number of ether oxygens (including phenoxy) is 1. The van der Waals surface area contributed by atoms with Gasteiger partial charge in [0.15, 0.2) is 0 Å². The van der Waals surface area contributed by atoms with Crippen LogP contribution in [0, 0.1) is 0 Å². The van der Waals surface area contributed by atoms with Gasteiger partial charge in [0.2, 0.25) is 0 Å². The van der Waals surface area contributed by atoms with Gasteiger partial charge in [-0.2, -0.15) is 0 Å². The van der Waals surface area contributed by atoms with Gasteiger partial charge in [0.25, 0.3) is 0 Å². The summed E-state index contributed by atoms with van der Waals surface area (Å²) in [6.45, 7) is 1.93. The maximum absolute atomic E-state index is 8.99. The SMILES string of the molecule is OCC(O)COC1CCCNC1. The van der Waals surface area contributed by atoms with Crippen LogP contribution in [0.3, 0.4) is 0 Å². The molecule has 1 saturated heterocycles. The molecule has 1 aliphatic rings. The Kier molecular flexibility index (Phi) is 4.53. The van der Waals surface area contributed by atoms with Crippen molar-refractivity contribution in [3.05, 3.63) is 0 Å². The topological polar surface area (TPSA) is 61.7 Å². The molecule has 0 aromatic carbocycles. The molecule has 0 amide bonds. The standard InChI is InChI=1S/C8H17NO3/c10-5-7(11)6-12-8-2-1-3-9-4-8/h7-11H,1-6H2. The molecule has 0 saturated carbocycles. The Balaban J connectivity index is 2.05. The predicted molar refractivity (Wildman–Crippen MR) is 44.9 cm³/mol. The van der Waals surface area contributed by atoms with Gasteiger partial charge in [-0.05, 0) is 19.4 Å². The van der Waals surface area contributed by atoms with Crippen molar-refractivity contribution < 1.29 is 14.9 Å². The minimum Gasteiger partial charge on any atom is -0.394 e. The Bertz CT molecular complexity index is 115. The van der Waals surface area contributed by atoms with Gasteiger partial charge in [-0.3, -0.25) is 0 Å². The van der Waals surface area contributed by atoms with Crippen molar-refractivity contribution in [1.82, 2.24) is 5.32 Å². The summed E-state index contributed by atoms with van der Waals surface area (Å²) in [5, 5.41) is 20.7. The van der Waals surface area contributed by atoms with Crippen LogP contribution in [0.25, 0.3) is 0 Å². The van der Waals surface area contributed by atoms with Crippen LogP contribution in [0.15, 0.2) is 0 Å². The van der Waals surface area contributed by atoms with Gasteiger partial charge < -0.3 is 20.3 Å². The van der Waals surface area contributed by atoms with Gasteiger partial charge in [0.1, 0.15) is 6.10 Å². The van der Waals surface area contributed by atoms with Crippen molar-refractivity contribution in [2.45, 2.75) is 25.0 Å². The number of hydrogen-bond acceptors (Lipinski definition) is 4. The second-order valence-electron chi connectivity index (χ2n) is 3.14. The smallest absolute Gasteiger partial charge is 0.100 e. The van der Waals surface area contributed by atoms with E-state index in [4.69, 9.17) is 14.9 Å². The molecule has 12 heavy (non-hydrogen) atoms. The molecule has 1 heterocycles. The molecule has 72 valence electrons. The molecule has 1 aliphatic heterocycles. The van der Waals surface area contributed by atoms with Crippen molar-refractivity contribution in [2.75, 3.05) is 26.3 Å². The van der Waals surface area contributed by atoms with E-state index in [0.717, 1.165) is 25.9 Å². The summed E-state index contributed by atoms with van der Waals surface area (Å²) in [5.74, 6) is 0. The zero-order valence-corrected chi connectivity index (χ0v) is 7.20. The van der Waals surface area contributed by atoms with Gasteiger partial charge >= 0.3 is 0 Å². The lowest BCUT2D eigenvalue weighted by Gasteiger charge is -2.23. The first-order valence-electron chi connectivity index (χ1n) is 4.44. The van der Waals surface area contributed by atoms with Crippen LogP contribution in [0.1, 0.15) is 12.8 Å². The molecule has 3 N–H and O–H groups in total. The number of piperidine rings is 1. The maximum Gasteiger partial charge on any atom is 0.100 e. The van der Waals surface area contributed by atoms with Crippen molar-refractivity contribution >= 4 is 0 Å². The quantitative estimate of drug-likeness (QED) is 0.518. The molecule has 2 atom stereocenters. The van der Waals surface area contributed by atoms with E-state index in [9.17, 15) is 0 Å². The lowest BCUT2D eigenvalue weighted by Crippen LogP contribution is -2.37. The molecular formula is C8H17NO3. The van der Waals surface area contributed by atoms with E-state index in [1.54, 1.807) is 0 Å². The minimum atomic E-state index is -0.730. The van der Waals surface area contributed by atoms with E-state index < -0.39 is 6.10 Å². The Labute approximate surface area is 72.5 Å². The average Bonchev–Trinajstić information content (AvgIpc) is 2.16. The van der Waals surface area contributed by atoms with E-state index in [2.05, 4.69) is 5.32 Å². The third-order valence-electron chi connectivity index (χ3n) is 1.99. The number of hydrogen-bond donors (Lipinski definition) is 3. The van der Waals surface area contributed by atoms with Gasteiger partial charge in [-0.15, -0.1) is 0 Å². The zero-order chi connectivity index (χ0) is 8.81. The van der Waals surface area contributed by atoms with Crippen LogP contribution in [-0.4, -0.2) is 48.7 Å². The molecule has 0 spiro atoms. The first-order chi connectivity index (χ1) is 5.83. The van der Waals surface area contributed by atoms with Crippen LogP contribution in [-0.2, 0) is 4.74 Å². The summed E-state index contributed by atoms with van der Waals surface area (Å²) >= 11 is 0. The van der Waals surface area contributed by atoms with Crippen molar-refractivity contribution in [3.63, 3.8) is 0 Å². The normalized spacial score (nSPS) is 27.0. The molecule has 0 aliphatic carbocycles. The fourth-order valence-electron chi connectivity index (χ4n) is 1.26. The summed E-state index contributed by atoms with van der Waals surface area (Å²) in [7, 11) is 0. The second-order valence-corrected chi connectivity index (χ2v) is 3.14. The van der Waals surface area contributed by atoms with E-state index in [1.807, 2.05) is 0 Å². The molecule has 0 aromatic heterocycles. The molecule has 0 radical (unpaired) electrons. The van der Waals surface area contributed by atoms with Crippen LogP contribution in [0.4, 0.5) is 0 Å². The van der Waals surface area contributed by atoms with Gasteiger partial charge in [-0.25, -0.2) is 0 Å². The summed E-state index contributed by atoms with van der Waals surface area (Å²) in [5.41, 5.74) is 0. The van der Waals surface area contributed by atoms with Crippen LogP contribution < -0.4 is 5.32 Å². The lowest BCUT2D eigenvalue weighted by molar-refractivity contribution is -0.0349. The third kappa shape index (κ3) is 3.49. The highest BCUT2D eigenvalue weighted by Crippen LogP contribution is 2.05. The Morgan fingerprint density at radius 1 is 1.58 bits per heavy atom. The average molecular weight is 175 g/mol. The molecular weight excluding hydrogens is 158 g/mol. The summed E-state index contributed by atoms with van der Waals surface area (Å²) in [6, 6.07) is 0. The molecule has 4 nitrogen and oxygen atoms in total. The molecule has 0 bridgehead atoms. The number of nitrogens with one attached hydrogen (secondary N) is 1. The van der Waals surface area contributed by atoms with Crippen molar-refractivity contribution in [1.29, 1.82) is 0 Å². The second kappa shape index (κ2) is 5.48. The lowest BCUT2D eigenvalue weighted by atomic mass is 10.1. The van der Waals surface area contributed by atoms with Crippen molar-refractivity contribution in [2.24, 2.45) is 0 Å². The van der Waals surface area contributed by atoms with Crippen LogP contribution >= 0.6 is 0 Å². The fraction of sp³-hybridized carbons (Fsp3) is 1.00. The molecule has 1 rings (SSSR count). The fourth-order valence-corrected chi connectivity index (χ4v) is 1.26. The maximum atomic E-state index is 8.99. The first-order valence-corrected chi connectivity index (χ1v) is 4.44. The number of aliphatic hydroxyl groups excluding tert-OH is 2. The highest BCUT2D eigenvalue weighted by Gasteiger charge is 2.14. The van der Waals surface area contributed by atoms with Gasteiger partial charge in [0, 0.05) is 6.54 Å². The van der Waals surface area contributed by atoms with E-state index in [0.29, 0.717) is 0 Å². The highest BCUT2D eigenvalue weighted by molar-refractivity contribution is 4.69. The van der Waals surface area contributed by atoms with E-state index >= 15 is 0 Å². The Hall–Kier alpha value is -0.160. The number of rotatable bonds is 4. The monoisotopic (exact) mass is 175 g/mol. The largest absolute Gasteiger partial charge is 0.394 e. The minimum absolute atomic E-state index is 0.208. The number of aliphatic hydroxyl groups is 2.